The molecule has 0 saturated heterocycles. The third kappa shape index (κ3) is 4.22. The summed E-state index contributed by atoms with van der Waals surface area (Å²) in [6.45, 7) is 0.256. The van der Waals surface area contributed by atoms with Crippen LogP contribution in [0.4, 0.5) is 16.0 Å². The molecule has 2 aromatic heterocycles. The smallest absolute Gasteiger partial charge is 0.227 e. The van der Waals surface area contributed by atoms with Crippen LogP contribution in [0.5, 0.6) is 17.2 Å². The van der Waals surface area contributed by atoms with Gasteiger partial charge in [-0.25, -0.2) is 14.4 Å². The van der Waals surface area contributed by atoms with E-state index in [4.69, 9.17) is 14.2 Å². The molecular weight excluding hydrogens is 387 g/mol. The van der Waals surface area contributed by atoms with E-state index in [0.29, 0.717) is 22.8 Å². The van der Waals surface area contributed by atoms with E-state index in [1.54, 1.807) is 50.9 Å². The minimum Gasteiger partial charge on any atom is -0.493 e. The van der Waals surface area contributed by atoms with Gasteiger partial charge >= 0.3 is 0 Å². The van der Waals surface area contributed by atoms with Gasteiger partial charge in [0.25, 0.3) is 0 Å². The molecule has 0 spiro atoms. The van der Waals surface area contributed by atoms with E-state index in [-0.39, 0.29) is 18.2 Å². The van der Waals surface area contributed by atoms with Crippen molar-refractivity contribution in [3.63, 3.8) is 0 Å². The lowest BCUT2D eigenvalue weighted by molar-refractivity contribution is 0.300. The molecule has 0 aliphatic carbocycles. The zero-order valence-electron chi connectivity index (χ0n) is 16.4. The first-order chi connectivity index (χ1) is 14.7. The lowest BCUT2D eigenvalue weighted by Crippen LogP contribution is -2.01. The van der Waals surface area contributed by atoms with Crippen LogP contribution in [0.3, 0.4) is 0 Å². The Hall–Kier alpha value is -3.94. The van der Waals surface area contributed by atoms with Gasteiger partial charge in [0.05, 0.1) is 31.1 Å². The van der Waals surface area contributed by atoms with Crippen molar-refractivity contribution in [2.75, 3.05) is 19.5 Å². The second-order valence-electron chi connectivity index (χ2n) is 6.34. The van der Waals surface area contributed by atoms with Gasteiger partial charge in [-0.1, -0.05) is 6.07 Å². The molecular formula is C22H19FN4O3. The molecule has 0 bridgehead atoms. The molecule has 0 aliphatic rings. The molecule has 0 atom stereocenters. The largest absolute Gasteiger partial charge is 0.493 e. The van der Waals surface area contributed by atoms with Crippen LogP contribution in [-0.2, 0) is 6.61 Å². The van der Waals surface area contributed by atoms with Crippen molar-refractivity contribution in [3.05, 3.63) is 72.4 Å². The fourth-order valence-corrected chi connectivity index (χ4v) is 2.87. The maximum absolute atomic E-state index is 14.5. The van der Waals surface area contributed by atoms with Gasteiger partial charge in [0, 0.05) is 29.9 Å². The molecule has 4 rings (SSSR count). The predicted octanol–water partition coefficient (Wildman–Crippen LogP) is 4.50. The van der Waals surface area contributed by atoms with Gasteiger partial charge in [0.1, 0.15) is 18.2 Å². The lowest BCUT2D eigenvalue weighted by atomic mass is 10.2. The first-order valence-electron chi connectivity index (χ1n) is 9.14. The standard InChI is InChI=1S/C22H19FN4O3/c1-28-20-9-14-12-25-22(27-19(14)11-21(20)29-2)26-18-7-6-16(10-17(18)23)30-13-15-5-3-4-8-24-15/h3-12H,13H2,1-2H3,(H,25,26,27). The highest BCUT2D eigenvalue weighted by atomic mass is 19.1. The van der Waals surface area contributed by atoms with Gasteiger partial charge in [-0.15, -0.1) is 0 Å². The first kappa shape index (κ1) is 19.4. The molecule has 0 saturated carbocycles. The van der Waals surface area contributed by atoms with Crippen molar-refractivity contribution in [2.24, 2.45) is 0 Å². The third-order valence-corrected chi connectivity index (χ3v) is 4.39. The number of nitrogens with zero attached hydrogens (tertiary/aromatic N) is 3. The Bertz CT molecular complexity index is 1170. The number of anilines is 2. The van der Waals surface area contributed by atoms with Gasteiger partial charge in [0.2, 0.25) is 5.95 Å². The number of aromatic nitrogens is 3. The number of ether oxygens (including phenoxy) is 3. The summed E-state index contributed by atoms with van der Waals surface area (Å²) in [4.78, 5) is 12.9. The summed E-state index contributed by atoms with van der Waals surface area (Å²) < 4.78 is 30.7. The van der Waals surface area contributed by atoms with Crippen molar-refractivity contribution < 1.29 is 18.6 Å². The second-order valence-corrected chi connectivity index (χ2v) is 6.34. The SMILES string of the molecule is COc1cc2cnc(Nc3ccc(OCc4ccccn4)cc3F)nc2cc1OC. The fraction of sp³-hybridized carbons (Fsp3) is 0.136. The zero-order chi connectivity index (χ0) is 20.9. The van der Waals surface area contributed by atoms with Gasteiger partial charge in [-0.3, -0.25) is 4.98 Å². The van der Waals surface area contributed by atoms with Crippen molar-refractivity contribution in [1.29, 1.82) is 0 Å². The number of fused-ring (bicyclic) bond motifs is 1. The number of nitrogens with one attached hydrogen (secondary N) is 1. The third-order valence-electron chi connectivity index (χ3n) is 4.39. The van der Waals surface area contributed by atoms with Crippen LogP contribution in [0, 0.1) is 5.82 Å². The quantitative estimate of drug-likeness (QED) is 0.484. The Balaban J connectivity index is 1.51. The Kier molecular flexibility index (Phi) is 5.56. The predicted molar refractivity (Wildman–Crippen MR) is 111 cm³/mol. The van der Waals surface area contributed by atoms with Crippen LogP contribution >= 0.6 is 0 Å². The zero-order valence-corrected chi connectivity index (χ0v) is 16.4. The number of benzene rings is 2. The van der Waals surface area contributed by atoms with Crippen molar-refractivity contribution in [2.45, 2.75) is 6.61 Å². The Morgan fingerprint density at radius 1 is 0.967 bits per heavy atom. The molecule has 2 heterocycles. The molecule has 0 amide bonds. The van der Waals surface area contributed by atoms with Crippen LogP contribution in [0.2, 0.25) is 0 Å². The van der Waals surface area contributed by atoms with Gasteiger partial charge in [-0.2, -0.15) is 0 Å². The van der Waals surface area contributed by atoms with Crippen molar-refractivity contribution >= 4 is 22.5 Å². The summed E-state index contributed by atoms with van der Waals surface area (Å²) >= 11 is 0. The van der Waals surface area contributed by atoms with E-state index < -0.39 is 5.82 Å². The summed E-state index contributed by atoms with van der Waals surface area (Å²) in [5.74, 6) is 1.32. The number of hydrogen-bond acceptors (Lipinski definition) is 7. The second kappa shape index (κ2) is 8.60. The van der Waals surface area contributed by atoms with E-state index in [1.165, 1.54) is 6.07 Å². The normalized spacial score (nSPS) is 10.6. The Morgan fingerprint density at radius 3 is 2.53 bits per heavy atom. The number of methoxy groups -OCH3 is 2. The molecule has 8 heteroatoms. The molecule has 0 aliphatic heterocycles. The summed E-state index contributed by atoms with van der Waals surface area (Å²) in [6.07, 6.45) is 3.32. The van der Waals surface area contributed by atoms with Crippen LogP contribution in [0.1, 0.15) is 5.69 Å². The molecule has 0 fully saturated rings. The highest BCUT2D eigenvalue weighted by Crippen LogP contribution is 2.32. The van der Waals surface area contributed by atoms with Crippen molar-refractivity contribution in [3.8, 4) is 17.2 Å². The van der Waals surface area contributed by atoms with Gasteiger partial charge in [-0.05, 0) is 30.3 Å². The molecule has 1 N–H and O–H groups in total. The van der Waals surface area contributed by atoms with E-state index in [1.807, 2.05) is 18.2 Å². The summed E-state index contributed by atoms with van der Waals surface area (Å²) in [5.41, 5.74) is 1.64. The molecule has 7 nitrogen and oxygen atoms in total. The maximum atomic E-state index is 14.5. The lowest BCUT2D eigenvalue weighted by Gasteiger charge is -2.11. The van der Waals surface area contributed by atoms with Gasteiger partial charge in [0.15, 0.2) is 11.5 Å². The molecule has 30 heavy (non-hydrogen) atoms. The molecule has 4 aromatic rings. The maximum Gasteiger partial charge on any atom is 0.227 e. The number of halogens is 1. The van der Waals surface area contributed by atoms with E-state index in [9.17, 15) is 4.39 Å². The average Bonchev–Trinajstić information content (AvgIpc) is 2.79. The minimum absolute atomic E-state index is 0.236. The van der Waals surface area contributed by atoms with Crippen molar-refractivity contribution in [1.82, 2.24) is 15.0 Å². The summed E-state index contributed by atoms with van der Waals surface area (Å²) in [6, 6.07) is 13.6. The minimum atomic E-state index is -0.482. The molecule has 0 radical (unpaired) electrons. The molecule has 152 valence electrons. The molecule has 2 aromatic carbocycles. The number of rotatable bonds is 7. The highest BCUT2D eigenvalue weighted by molar-refractivity contribution is 5.83. The number of pyridine rings is 1. The van der Waals surface area contributed by atoms with Crippen LogP contribution < -0.4 is 19.5 Å². The van der Waals surface area contributed by atoms with Crippen LogP contribution in [0.25, 0.3) is 10.9 Å². The van der Waals surface area contributed by atoms with Crippen LogP contribution in [0.15, 0.2) is 60.9 Å². The highest BCUT2D eigenvalue weighted by Gasteiger charge is 2.10. The topological polar surface area (TPSA) is 78.4 Å². The van der Waals surface area contributed by atoms with E-state index in [2.05, 4.69) is 20.3 Å². The van der Waals surface area contributed by atoms with E-state index in [0.717, 1.165) is 11.1 Å². The first-order valence-corrected chi connectivity index (χ1v) is 9.14. The monoisotopic (exact) mass is 406 g/mol. The Labute approximate surface area is 172 Å². The molecule has 0 unspecified atom stereocenters. The van der Waals surface area contributed by atoms with Gasteiger partial charge < -0.3 is 19.5 Å². The Morgan fingerprint density at radius 2 is 1.80 bits per heavy atom. The van der Waals surface area contributed by atoms with E-state index >= 15 is 0 Å². The average molecular weight is 406 g/mol. The summed E-state index contributed by atoms with van der Waals surface area (Å²) in [5, 5.41) is 3.67. The fourth-order valence-electron chi connectivity index (χ4n) is 2.87. The van der Waals surface area contributed by atoms with Crippen LogP contribution in [-0.4, -0.2) is 29.2 Å². The number of hydrogen-bond donors (Lipinski definition) is 1. The summed E-state index contributed by atoms with van der Waals surface area (Å²) in [7, 11) is 3.11.